The molecule has 0 saturated heterocycles. The van der Waals surface area contributed by atoms with Gasteiger partial charge in [0.25, 0.3) is 0 Å². The molecule has 1 saturated carbocycles. The lowest BCUT2D eigenvalue weighted by Gasteiger charge is -2.33. The minimum Gasteiger partial charge on any atom is -0.445 e. The van der Waals surface area contributed by atoms with E-state index in [1.54, 1.807) is 11.9 Å². The molecule has 110 valence electrons. The zero-order valence-electron chi connectivity index (χ0n) is 12.0. The van der Waals surface area contributed by atoms with E-state index in [1.165, 1.54) is 0 Å². The molecule has 1 aromatic carbocycles. The van der Waals surface area contributed by atoms with Gasteiger partial charge in [-0.25, -0.2) is 4.79 Å². The summed E-state index contributed by atoms with van der Waals surface area (Å²) < 4.78 is 5.33. The summed E-state index contributed by atoms with van der Waals surface area (Å²) in [6.07, 6.45) is 3.60. The molecule has 0 heterocycles. The molecule has 0 spiro atoms. The fraction of sp³-hybridized carbons (Fsp3) is 0.562. The number of nitrogens with zero attached hydrogens (tertiary/aromatic N) is 1. The van der Waals surface area contributed by atoms with E-state index in [1.807, 2.05) is 30.3 Å². The number of carbonyl (C=O) groups is 1. The number of aliphatic hydroxyl groups is 1. The van der Waals surface area contributed by atoms with Crippen molar-refractivity contribution in [2.45, 2.75) is 38.3 Å². The van der Waals surface area contributed by atoms with Crippen molar-refractivity contribution < 1.29 is 14.6 Å². The summed E-state index contributed by atoms with van der Waals surface area (Å²) in [7, 11) is 1.80. The van der Waals surface area contributed by atoms with Gasteiger partial charge in [0, 0.05) is 19.7 Å². The van der Waals surface area contributed by atoms with Crippen molar-refractivity contribution in [2.75, 3.05) is 13.7 Å². The molecular weight excluding hydrogens is 254 g/mol. The molecule has 4 nitrogen and oxygen atoms in total. The first-order valence-corrected chi connectivity index (χ1v) is 7.25. The van der Waals surface area contributed by atoms with Crippen LogP contribution in [-0.4, -0.2) is 35.8 Å². The van der Waals surface area contributed by atoms with E-state index in [4.69, 9.17) is 9.84 Å². The van der Waals surface area contributed by atoms with E-state index in [2.05, 4.69) is 0 Å². The number of carbonyl (C=O) groups excluding carboxylic acids is 1. The Morgan fingerprint density at radius 2 is 1.90 bits per heavy atom. The second-order valence-corrected chi connectivity index (χ2v) is 5.51. The third kappa shape index (κ3) is 3.97. The minimum absolute atomic E-state index is 0.237. The van der Waals surface area contributed by atoms with Gasteiger partial charge in [-0.2, -0.15) is 0 Å². The first-order valence-electron chi connectivity index (χ1n) is 7.25. The molecule has 2 rings (SSSR count). The van der Waals surface area contributed by atoms with Crippen molar-refractivity contribution in [3.05, 3.63) is 35.9 Å². The fourth-order valence-corrected chi connectivity index (χ4v) is 2.68. The van der Waals surface area contributed by atoms with Crippen LogP contribution in [-0.2, 0) is 11.3 Å². The van der Waals surface area contributed by atoms with E-state index in [-0.39, 0.29) is 18.7 Å². The van der Waals surface area contributed by atoms with Crippen LogP contribution < -0.4 is 0 Å². The van der Waals surface area contributed by atoms with Gasteiger partial charge in [-0.15, -0.1) is 0 Å². The van der Waals surface area contributed by atoms with Crippen LogP contribution in [0.1, 0.15) is 31.2 Å². The van der Waals surface area contributed by atoms with Gasteiger partial charge in [0.15, 0.2) is 0 Å². The van der Waals surface area contributed by atoms with Gasteiger partial charge in [-0.3, -0.25) is 0 Å². The molecule has 0 unspecified atom stereocenters. The predicted molar refractivity (Wildman–Crippen MR) is 77.2 cm³/mol. The zero-order chi connectivity index (χ0) is 14.4. The van der Waals surface area contributed by atoms with E-state index < -0.39 is 0 Å². The lowest BCUT2D eigenvalue weighted by atomic mass is 9.86. The summed E-state index contributed by atoms with van der Waals surface area (Å²) in [4.78, 5) is 13.7. The van der Waals surface area contributed by atoms with Gasteiger partial charge < -0.3 is 14.7 Å². The Balaban J connectivity index is 1.77. The summed E-state index contributed by atoms with van der Waals surface area (Å²) in [5.74, 6) is 0.403. The van der Waals surface area contributed by atoms with Gasteiger partial charge in [0.1, 0.15) is 6.61 Å². The Hall–Kier alpha value is -1.55. The van der Waals surface area contributed by atoms with E-state index >= 15 is 0 Å². The van der Waals surface area contributed by atoms with Gasteiger partial charge in [0.05, 0.1) is 0 Å². The molecule has 0 bridgehead atoms. The van der Waals surface area contributed by atoms with Crippen molar-refractivity contribution in [1.29, 1.82) is 0 Å². The molecule has 1 aliphatic carbocycles. The molecule has 1 fully saturated rings. The average molecular weight is 277 g/mol. The normalized spacial score (nSPS) is 22.3. The van der Waals surface area contributed by atoms with Crippen molar-refractivity contribution in [1.82, 2.24) is 4.90 Å². The fourth-order valence-electron chi connectivity index (χ4n) is 2.68. The Labute approximate surface area is 120 Å². The first kappa shape index (κ1) is 14.9. The number of ether oxygens (including phenoxy) is 1. The topological polar surface area (TPSA) is 49.8 Å². The van der Waals surface area contributed by atoms with E-state index in [0.29, 0.717) is 12.5 Å². The van der Waals surface area contributed by atoms with Crippen LogP contribution >= 0.6 is 0 Å². The molecule has 0 aromatic heterocycles. The Morgan fingerprint density at radius 3 is 2.50 bits per heavy atom. The van der Waals surface area contributed by atoms with Crippen LogP contribution in [0.25, 0.3) is 0 Å². The first-order chi connectivity index (χ1) is 9.70. The van der Waals surface area contributed by atoms with Crippen molar-refractivity contribution in [2.24, 2.45) is 5.92 Å². The van der Waals surface area contributed by atoms with Crippen LogP contribution in [0.3, 0.4) is 0 Å². The molecule has 1 aliphatic rings. The monoisotopic (exact) mass is 277 g/mol. The maximum absolute atomic E-state index is 12.0. The number of hydrogen-bond donors (Lipinski definition) is 1. The van der Waals surface area contributed by atoms with Gasteiger partial charge in [0.2, 0.25) is 0 Å². The van der Waals surface area contributed by atoms with Crippen LogP contribution in [0.2, 0.25) is 0 Å². The van der Waals surface area contributed by atoms with Gasteiger partial charge >= 0.3 is 6.09 Å². The second-order valence-electron chi connectivity index (χ2n) is 5.51. The molecule has 0 radical (unpaired) electrons. The van der Waals surface area contributed by atoms with Crippen molar-refractivity contribution >= 4 is 6.09 Å². The highest BCUT2D eigenvalue weighted by molar-refractivity contribution is 5.67. The second kappa shape index (κ2) is 7.29. The van der Waals surface area contributed by atoms with Gasteiger partial charge in [-0.1, -0.05) is 30.3 Å². The molecule has 1 aromatic rings. The summed E-state index contributed by atoms with van der Waals surface area (Å²) in [6, 6.07) is 9.93. The number of aliphatic hydroxyl groups excluding tert-OH is 1. The summed E-state index contributed by atoms with van der Waals surface area (Å²) in [5.41, 5.74) is 0.998. The molecule has 4 heteroatoms. The van der Waals surface area contributed by atoms with E-state index in [9.17, 15) is 4.79 Å². The lowest BCUT2D eigenvalue weighted by Crippen LogP contribution is -2.40. The largest absolute Gasteiger partial charge is 0.445 e. The maximum atomic E-state index is 12.0. The highest BCUT2D eigenvalue weighted by Crippen LogP contribution is 2.27. The third-order valence-corrected chi connectivity index (χ3v) is 4.12. The van der Waals surface area contributed by atoms with Crippen LogP contribution in [0.4, 0.5) is 4.79 Å². The summed E-state index contributed by atoms with van der Waals surface area (Å²) in [6.45, 7) is 0.574. The molecule has 1 N–H and O–H groups in total. The average Bonchev–Trinajstić information content (AvgIpc) is 2.53. The molecule has 0 aliphatic heterocycles. The van der Waals surface area contributed by atoms with Crippen LogP contribution in [0.15, 0.2) is 30.3 Å². The smallest absolute Gasteiger partial charge is 0.410 e. The summed E-state index contributed by atoms with van der Waals surface area (Å²) in [5, 5.41) is 9.13. The number of benzene rings is 1. The Bertz CT molecular complexity index is 413. The van der Waals surface area contributed by atoms with Crippen molar-refractivity contribution in [3.8, 4) is 0 Å². The summed E-state index contributed by atoms with van der Waals surface area (Å²) >= 11 is 0. The van der Waals surface area contributed by atoms with Gasteiger partial charge in [-0.05, 0) is 37.2 Å². The molecule has 20 heavy (non-hydrogen) atoms. The Morgan fingerprint density at radius 1 is 1.25 bits per heavy atom. The maximum Gasteiger partial charge on any atom is 0.410 e. The quantitative estimate of drug-likeness (QED) is 0.920. The van der Waals surface area contributed by atoms with Crippen molar-refractivity contribution in [3.63, 3.8) is 0 Å². The minimum atomic E-state index is -0.263. The zero-order valence-corrected chi connectivity index (χ0v) is 12.0. The number of amides is 1. The Kier molecular flexibility index (Phi) is 5.41. The third-order valence-electron chi connectivity index (χ3n) is 4.12. The molecule has 1 amide bonds. The highest BCUT2D eigenvalue weighted by atomic mass is 16.6. The predicted octanol–water partition coefficient (Wildman–Crippen LogP) is 2.81. The standard InChI is InChI=1S/C16H23NO3/c1-17(15-9-7-13(11-18)8-10-15)16(19)20-12-14-5-3-2-4-6-14/h2-6,13,15,18H,7-12H2,1H3. The lowest BCUT2D eigenvalue weighted by molar-refractivity contribution is 0.0742. The van der Waals surface area contributed by atoms with Crippen LogP contribution in [0.5, 0.6) is 0 Å². The van der Waals surface area contributed by atoms with E-state index in [0.717, 1.165) is 31.2 Å². The SMILES string of the molecule is CN(C(=O)OCc1ccccc1)C1CCC(CO)CC1. The number of hydrogen-bond acceptors (Lipinski definition) is 3. The van der Waals surface area contributed by atoms with Crippen LogP contribution in [0, 0.1) is 5.92 Å². The highest BCUT2D eigenvalue weighted by Gasteiger charge is 2.26. The molecular formula is C16H23NO3. The molecule has 0 atom stereocenters. The number of rotatable bonds is 4.